The number of nitrogens with zero attached hydrogens (tertiary/aromatic N) is 2. The van der Waals surface area contributed by atoms with Gasteiger partial charge in [0.25, 0.3) is 5.97 Å². The number of carbonyl (C=O) groups excluding carboxylic acids is 9. The van der Waals surface area contributed by atoms with E-state index in [2.05, 4.69) is 26.6 Å². The molecule has 350 valence electrons. The van der Waals surface area contributed by atoms with E-state index in [-0.39, 0.29) is 38.8 Å². The van der Waals surface area contributed by atoms with Gasteiger partial charge in [0.15, 0.2) is 0 Å². The van der Waals surface area contributed by atoms with E-state index >= 15 is 0 Å². The summed E-state index contributed by atoms with van der Waals surface area (Å²) in [6.07, 6.45) is 0.695. The number of aliphatic hydroxyl groups is 1. The highest BCUT2D eigenvalue weighted by Crippen LogP contribution is 2.23. The van der Waals surface area contributed by atoms with Gasteiger partial charge in [0.05, 0.1) is 19.1 Å². The van der Waals surface area contributed by atoms with E-state index in [4.69, 9.17) is 27.1 Å². The first-order valence-electron chi connectivity index (χ1n) is 20.4. The Kier molecular flexibility index (Phi) is 22.5. The molecule has 2 heterocycles. The minimum atomic E-state index is -1.58. The molecule has 0 aromatic heterocycles. The maximum absolute atomic E-state index is 13.9. The molecule has 2 saturated heterocycles. The monoisotopic (exact) mass is 884 g/mol. The van der Waals surface area contributed by atoms with Crippen LogP contribution >= 0.6 is 0 Å². The number of primary amides is 2. The molecule has 0 aliphatic carbocycles. The molecule has 0 spiro atoms. The SMILES string of the molecule is CC(=O)O.CC[C@H](C)[C@H](NC(=O)[C@H](CO)NC(=O)[C@@H](NC(=O)[C@@H]1CCCN1C(=O)[C@H](C)NC(=O)[C@@H](N)CC(N)=O)C(C)C)C(=O)N1CCC[C@H]1C(=O)N[C@@H](CCC(N)=O)C(=O)O. The van der Waals surface area contributed by atoms with E-state index in [1.165, 1.54) is 16.7 Å². The number of nitrogens with one attached hydrogen (secondary N) is 5. The van der Waals surface area contributed by atoms with Crippen molar-refractivity contribution in [3.63, 3.8) is 0 Å². The first-order valence-corrected chi connectivity index (χ1v) is 20.4. The molecule has 9 atom stereocenters. The molecule has 2 aliphatic heterocycles. The lowest BCUT2D eigenvalue weighted by Gasteiger charge is -2.33. The Balaban J connectivity index is 0.00000459. The lowest BCUT2D eigenvalue weighted by atomic mass is 9.96. The van der Waals surface area contributed by atoms with Crippen molar-refractivity contribution in [3.05, 3.63) is 0 Å². The molecule has 2 aliphatic rings. The second-order valence-corrected chi connectivity index (χ2v) is 15.7. The Morgan fingerprint density at radius 2 is 1.19 bits per heavy atom. The molecular weight excluding hydrogens is 820 g/mol. The predicted octanol–water partition coefficient (Wildman–Crippen LogP) is -4.25. The standard InChI is InChI=1S/C36H60N10O12.C2H4O2/c1-6-18(4)28(35(56)46-14-8-9-23(46)31(52)41-21(36(57)58)11-12-25(38)48)44-30(51)22(16-47)42-33(54)27(17(2)3)43-32(53)24-10-7-13-45(24)34(55)19(5)40-29(50)20(37)15-26(39)49;1-2(3)4/h17-24,27-28,47H,6-16,37H2,1-5H3,(H2,38,48)(H2,39,49)(H,40,50)(H,41,52)(H,42,54)(H,43,53)(H,44,51)(H,57,58);1H3,(H,3,4)/t18-,19-,20-,21-,22-,23-,24-,27-,28-;/m0./s1. The summed E-state index contributed by atoms with van der Waals surface area (Å²) in [5.74, 6) is -10.1. The number of aliphatic carboxylic acids is 2. The van der Waals surface area contributed by atoms with Gasteiger partial charge in [-0.1, -0.05) is 34.1 Å². The van der Waals surface area contributed by atoms with Crippen LogP contribution in [-0.2, 0) is 52.7 Å². The van der Waals surface area contributed by atoms with Crippen LogP contribution in [0.15, 0.2) is 0 Å². The first-order chi connectivity index (χ1) is 28.9. The molecule has 14 N–H and O–H groups in total. The number of carboxylic acids is 2. The van der Waals surface area contributed by atoms with Gasteiger partial charge in [0, 0.05) is 26.4 Å². The van der Waals surface area contributed by atoms with Crippen molar-refractivity contribution in [2.75, 3.05) is 19.7 Å². The molecule has 0 aromatic rings. The van der Waals surface area contributed by atoms with Crippen molar-refractivity contribution in [3.8, 4) is 0 Å². The largest absolute Gasteiger partial charge is 0.481 e. The van der Waals surface area contributed by atoms with E-state index in [1.807, 2.05) is 0 Å². The fourth-order valence-electron chi connectivity index (χ4n) is 6.71. The van der Waals surface area contributed by atoms with E-state index in [9.17, 15) is 58.2 Å². The van der Waals surface area contributed by atoms with Crippen LogP contribution in [-0.4, -0.2) is 158 Å². The second-order valence-electron chi connectivity index (χ2n) is 15.7. The average Bonchev–Trinajstić information content (AvgIpc) is 3.89. The highest BCUT2D eigenvalue weighted by molar-refractivity contribution is 5.98. The number of carbonyl (C=O) groups is 11. The van der Waals surface area contributed by atoms with Crippen molar-refractivity contribution in [2.24, 2.45) is 29.0 Å². The van der Waals surface area contributed by atoms with Gasteiger partial charge >= 0.3 is 5.97 Å². The fourth-order valence-corrected chi connectivity index (χ4v) is 6.71. The minimum absolute atomic E-state index is 0.122. The van der Waals surface area contributed by atoms with Crippen LogP contribution in [0.25, 0.3) is 0 Å². The molecule has 0 unspecified atom stereocenters. The predicted molar refractivity (Wildman–Crippen MR) is 217 cm³/mol. The van der Waals surface area contributed by atoms with E-state index in [1.54, 1.807) is 27.7 Å². The van der Waals surface area contributed by atoms with Crippen LogP contribution in [0.2, 0.25) is 0 Å². The van der Waals surface area contributed by atoms with E-state index in [0.29, 0.717) is 19.3 Å². The van der Waals surface area contributed by atoms with Crippen LogP contribution in [0, 0.1) is 11.8 Å². The van der Waals surface area contributed by atoms with Crippen LogP contribution in [0.4, 0.5) is 0 Å². The number of hydrogen-bond donors (Lipinski definition) is 11. The quantitative estimate of drug-likeness (QED) is 0.0491. The molecule has 0 saturated carbocycles. The van der Waals surface area contributed by atoms with Crippen molar-refractivity contribution >= 4 is 65.1 Å². The summed E-state index contributed by atoms with van der Waals surface area (Å²) in [5.41, 5.74) is 15.9. The fraction of sp³-hybridized carbons (Fsp3) is 0.711. The van der Waals surface area contributed by atoms with Crippen molar-refractivity contribution in [2.45, 2.75) is 141 Å². The zero-order valence-corrected chi connectivity index (χ0v) is 36.0. The van der Waals surface area contributed by atoms with Gasteiger partial charge < -0.3 is 68.9 Å². The van der Waals surface area contributed by atoms with Gasteiger partial charge in [0.1, 0.15) is 42.3 Å². The molecule has 9 amide bonds. The number of amides is 9. The topological polar surface area (TPSA) is 393 Å². The van der Waals surface area contributed by atoms with Crippen LogP contribution in [0.3, 0.4) is 0 Å². The Morgan fingerprint density at radius 1 is 0.677 bits per heavy atom. The molecule has 0 radical (unpaired) electrons. The zero-order valence-electron chi connectivity index (χ0n) is 36.0. The van der Waals surface area contributed by atoms with Gasteiger partial charge in [-0.25, -0.2) is 4.79 Å². The lowest BCUT2D eigenvalue weighted by molar-refractivity contribution is -0.145. The summed E-state index contributed by atoms with van der Waals surface area (Å²) < 4.78 is 0. The first kappa shape index (κ1) is 54.1. The third kappa shape index (κ3) is 16.9. The van der Waals surface area contributed by atoms with Gasteiger partial charge in [-0.2, -0.15) is 0 Å². The average molecular weight is 885 g/mol. The zero-order chi connectivity index (χ0) is 47.6. The number of aliphatic hydroxyl groups excluding tert-OH is 1. The van der Waals surface area contributed by atoms with Gasteiger partial charge in [0.2, 0.25) is 53.2 Å². The summed E-state index contributed by atoms with van der Waals surface area (Å²) in [5, 5.41) is 39.6. The molecule has 24 nitrogen and oxygen atoms in total. The second kappa shape index (κ2) is 25.8. The smallest absolute Gasteiger partial charge is 0.326 e. The summed E-state index contributed by atoms with van der Waals surface area (Å²) in [6.45, 7) is 8.57. The molecular formula is C38H64N10O14. The van der Waals surface area contributed by atoms with Gasteiger partial charge in [-0.05, 0) is 50.9 Å². The number of nitrogens with two attached hydrogens (primary N) is 3. The molecule has 0 bridgehead atoms. The molecule has 2 fully saturated rings. The number of rotatable bonds is 22. The van der Waals surface area contributed by atoms with Crippen LogP contribution < -0.4 is 43.8 Å². The maximum atomic E-state index is 13.9. The highest BCUT2D eigenvalue weighted by Gasteiger charge is 2.42. The third-order valence-electron chi connectivity index (χ3n) is 10.3. The van der Waals surface area contributed by atoms with Crippen molar-refractivity contribution < 1.29 is 68.1 Å². The van der Waals surface area contributed by atoms with Gasteiger partial charge in [-0.3, -0.25) is 47.9 Å². The van der Waals surface area contributed by atoms with Crippen molar-refractivity contribution in [1.82, 2.24) is 36.4 Å². The maximum Gasteiger partial charge on any atom is 0.326 e. The van der Waals surface area contributed by atoms with Crippen LogP contribution in [0.1, 0.15) is 92.9 Å². The van der Waals surface area contributed by atoms with Crippen LogP contribution in [0.5, 0.6) is 0 Å². The number of carboxylic acid groups (broad SMARTS) is 2. The molecule has 0 aromatic carbocycles. The molecule has 62 heavy (non-hydrogen) atoms. The Morgan fingerprint density at radius 3 is 1.65 bits per heavy atom. The molecule has 24 heteroatoms. The third-order valence-corrected chi connectivity index (χ3v) is 10.3. The number of likely N-dealkylation sites (tertiary alicyclic amines) is 2. The van der Waals surface area contributed by atoms with E-state index in [0.717, 1.165) is 6.92 Å². The summed E-state index contributed by atoms with van der Waals surface area (Å²) in [7, 11) is 0. The highest BCUT2D eigenvalue weighted by atomic mass is 16.4. The summed E-state index contributed by atoms with van der Waals surface area (Å²) in [4.78, 5) is 139. The minimum Gasteiger partial charge on any atom is -0.481 e. The van der Waals surface area contributed by atoms with E-state index < -0.39 is 138 Å². The molecule has 2 rings (SSSR count). The summed E-state index contributed by atoms with van der Waals surface area (Å²) >= 11 is 0. The van der Waals surface area contributed by atoms with Gasteiger partial charge in [-0.15, -0.1) is 0 Å². The number of hydrogen-bond acceptors (Lipinski definition) is 13. The Bertz CT molecular complexity index is 1660. The van der Waals surface area contributed by atoms with Crippen molar-refractivity contribution in [1.29, 1.82) is 0 Å². The normalized spacial score (nSPS) is 19.2. The Hall–Kier alpha value is -5.91. The lowest BCUT2D eigenvalue weighted by Crippen LogP contribution is -2.62. The Labute approximate surface area is 359 Å². The summed E-state index contributed by atoms with van der Waals surface area (Å²) in [6, 6.07) is -9.96.